The first-order chi connectivity index (χ1) is 12.5. The number of aliphatic hydroxyl groups is 1. The van der Waals surface area contributed by atoms with Crippen LogP contribution in [0.4, 0.5) is 0 Å². The molecule has 2 aromatic rings. The van der Waals surface area contributed by atoms with Crippen LogP contribution in [0.3, 0.4) is 0 Å². The van der Waals surface area contributed by atoms with Gasteiger partial charge in [0.25, 0.3) is 5.91 Å². The lowest BCUT2D eigenvalue weighted by Crippen LogP contribution is -2.39. The molecule has 1 unspecified atom stereocenters. The van der Waals surface area contributed by atoms with Gasteiger partial charge in [-0.3, -0.25) is 4.79 Å². The molecule has 1 aliphatic rings. The van der Waals surface area contributed by atoms with Gasteiger partial charge >= 0.3 is 5.97 Å². The molecule has 1 fully saturated rings. The van der Waals surface area contributed by atoms with Gasteiger partial charge in [-0.2, -0.15) is 0 Å². The fraction of sp³-hybridized carbons (Fsp3) is 0.400. The minimum Gasteiger partial charge on any atom is -0.478 e. The Morgan fingerprint density at radius 2 is 1.88 bits per heavy atom. The second-order valence-corrected chi connectivity index (χ2v) is 6.59. The van der Waals surface area contributed by atoms with Gasteiger partial charge in [0.15, 0.2) is 5.76 Å². The zero-order valence-electron chi connectivity index (χ0n) is 14.7. The summed E-state index contributed by atoms with van der Waals surface area (Å²) in [6.07, 6.45) is 1.26. The van der Waals surface area contributed by atoms with Crippen LogP contribution in [0, 0.1) is 5.92 Å². The first-order valence-electron chi connectivity index (χ1n) is 8.89. The maximum atomic E-state index is 12.6. The van der Waals surface area contributed by atoms with Gasteiger partial charge in [-0.05, 0) is 24.3 Å². The van der Waals surface area contributed by atoms with Gasteiger partial charge in [0.2, 0.25) is 0 Å². The Morgan fingerprint density at radius 1 is 1.23 bits per heavy atom. The number of piperidine rings is 1. The molecule has 1 atom stereocenters. The molecule has 1 aromatic carbocycles. The van der Waals surface area contributed by atoms with Crippen molar-refractivity contribution in [1.82, 2.24) is 4.90 Å². The molecule has 6 nitrogen and oxygen atoms in total. The summed E-state index contributed by atoms with van der Waals surface area (Å²) in [5.41, 5.74) is 0.937. The Bertz CT molecular complexity index is 775. The van der Waals surface area contributed by atoms with Crippen molar-refractivity contribution in [2.24, 2.45) is 5.92 Å². The normalized spacial score (nSPS) is 16.5. The predicted octanol–water partition coefficient (Wildman–Crippen LogP) is 3.13. The van der Waals surface area contributed by atoms with Gasteiger partial charge in [0.1, 0.15) is 11.3 Å². The number of carboxylic acid groups (broad SMARTS) is 1. The van der Waals surface area contributed by atoms with Gasteiger partial charge in [0, 0.05) is 25.6 Å². The standard InChI is InChI=1S/C20H23NO5/c1-2-16-15(20(24)25)12-17(26-16)19(23)21-10-8-14(9-11-21)18(22)13-6-4-3-5-7-13/h3-7,12,14,18,22H,2,8-11H2,1H3,(H,24,25). The number of carbonyl (C=O) groups excluding carboxylic acids is 1. The van der Waals surface area contributed by atoms with Crippen LogP contribution < -0.4 is 0 Å². The highest BCUT2D eigenvalue weighted by Crippen LogP contribution is 2.31. The third kappa shape index (κ3) is 3.65. The molecule has 3 rings (SSSR count). The largest absolute Gasteiger partial charge is 0.478 e. The number of rotatable bonds is 5. The molecule has 1 amide bonds. The Labute approximate surface area is 152 Å². The van der Waals surface area contributed by atoms with E-state index in [0.29, 0.717) is 38.1 Å². The van der Waals surface area contributed by atoms with Crippen LogP contribution >= 0.6 is 0 Å². The van der Waals surface area contributed by atoms with Crippen molar-refractivity contribution >= 4 is 11.9 Å². The third-order valence-electron chi connectivity index (χ3n) is 4.99. The van der Waals surface area contributed by atoms with Gasteiger partial charge in [0.05, 0.1) is 6.10 Å². The van der Waals surface area contributed by atoms with Crippen LogP contribution in [-0.2, 0) is 6.42 Å². The topological polar surface area (TPSA) is 91.0 Å². The zero-order chi connectivity index (χ0) is 18.7. The number of amides is 1. The summed E-state index contributed by atoms with van der Waals surface area (Å²) in [6.45, 7) is 2.81. The Kier molecular flexibility index (Phi) is 5.42. The lowest BCUT2D eigenvalue weighted by atomic mass is 9.87. The molecule has 26 heavy (non-hydrogen) atoms. The summed E-state index contributed by atoms with van der Waals surface area (Å²) in [6, 6.07) is 10.8. The van der Waals surface area contributed by atoms with Gasteiger partial charge in [-0.1, -0.05) is 37.3 Å². The second-order valence-electron chi connectivity index (χ2n) is 6.59. The van der Waals surface area contributed by atoms with E-state index < -0.39 is 12.1 Å². The summed E-state index contributed by atoms with van der Waals surface area (Å²) >= 11 is 0. The highest BCUT2D eigenvalue weighted by Gasteiger charge is 2.30. The minimum atomic E-state index is -1.09. The fourth-order valence-electron chi connectivity index (χ4n) is 3.47. The molecule has 1 saturated heterocycles. The van der Waals surface area contributed by atoms with Crippen LogP contribution in [0.1, 0.15) is 58.1 Å². The van der Waals surface area contributed by atoms with Crippen molar-refractivity contribution in [3.63, 3.8) is 0 Å². The molecule has 0 spiro atoms. The molecule has 1 aliphatic heterocycles. The first kappa shape index (κ1) is 18.2. The summed E-state index contributed by atoms with van der Waals surface area (Å²) < 4.78 is 5.46. The molecule has 1 aromatic heterocycles. The van der Waals surface area contributed by atoms with Gasteiger partial charge in [-0.15, -0.1) is 0 Å². The number of benzene rings is 1. The van der Waals surface area contributed by atoms with E-state index in [1.807, 2.05) is 30.3 Å². The van der Waals surface area contributed by atoms with Crippen molar-refractivity contribution in [3.8, 4) is 0 Å². The lowest BCUT2D eigenvalue weighted by molar-refractivity contribution is 0.0441. The Balaban J connectivity index is 1.64. The molecule has 2 heterocycles. The maximum absolute atomic E-state index is 12.6. The van der Waals surface area contributed by atoms with Gasteiger partial charge in [-0.25, -0.2) is 4.79 Å². The molecule has 6 heteroatoms. The van der Waals surface area contributed by atoms with Gasteiger partial charge < -0.3 is 19.5 Å². The highest BCUT2D eigenvalue weighted by atomic mass is 16.4. The summed E-state index contributed by atoms with van der Waals surface area (Å²) in [7, 11) is 0. The van der Waals surface area contributed by atoms with Crippen molar-refractivity contribution in [3.05, 3.63) is 59.0 Å². The monoisotopic (exact) mass is 357 g/mol. The summed E-state index contributed by atoms with van der Waals surface area (Å²) in [5, 5.41) is 19.7. The Morgan fingerprint density at radius 3 is 2.42 bits per heavy atom. The molecular formula is C20H23NO5. The predicted molar refractivity (Wildman–Crippen MR) is 95.1 cm³/mol. The zero-order valence-corrected chi connectivity index (χ0v) is 14.7. The number of hydrogen-bond donors (Lipinski definition) is 2. The van der Waals surface area contributed by atoms with Crippen LogP contribution in [0.2, 0.25) is 0 Å². The Hall–Kier alpha value is -2.60. The fourth-order valence-corrected chi connectivity index (χ4v) is 3.47. The number of furan rings is 1. The quantitative estimate of drug-likeness (QED) is 0.858. The number of carbonyl (C=O) groups is 2. The smallest absolute Gasteiger partial charge is 0.339 e. The van der Waals surface area contributed by atoms with Crippen LogP contribution in [0.5, 0.6) is 0 Å². The molecule has 0 saturated carbocycles. The number of aliphatic hydroxyl groups excluding tert-OH is 1. The van der Waals surface area contributed by atoms with E-state index in [2.05, 4.69) is 0 Å². The van der Waals surface area contributed by atoms with E-state index in [1.165, 1.54) is 6.07 Å². The summed E-state index contributed by atoms with van der Waals surface area (Å²) in [4.78, 5) is 25.5. The number of likely N-dealkylation sites (tertiary alicyclic amines) is 1. The highest BCUT2D eigenvalue weighted by molar-refractivity contribution is 5.96. The van der Waals surface area contributed by atoms with Crippen LogP contribution in [0.25, 0.3) is 0 Å². The lowest BCUT2D eigenvalue weighted by Gasteiger charge is -2.34. The SMILES string of the molecule is CCc1oc(C(=O)N2CCC(C(O)c3ccccc3)CC2)cc1C(=O)O. The molecular weight excluding hydrogens is 334 g/mol. The molecule has 0 radical (unpaired) electrons. The molecule has 0 aliphatic carbocycles. The number of hydrogen-bond acceptors (Lipinski definition) is 4. The van der Waals surface area contributed by atoms with E-state index in [4.69, 9.17) is 4.42 Å². The van der Waals surface area contributed by atoms with Crippen molar-refractivity contribution < 1.29 is 24.2 Å². The van der Waals surface area contributed by atoms with E-state index in [0.717, 1.165) is 5.56 Å². The van der Waals surface area contributed by atoms with E-state index in [1.54, 1.807) is 11.8 Å². The average molecular weight is 357 g/mol. The van der Waals surface area contributed by atoms with Crippen molar-refractivity contribution in [2.45, 2.75) is 32.3 Å². The van der Waals surface area contributed by atoms with Crippen molar-refractivity contribution in [1.29, 1.82) is 0 Å². The van der Waals surface area contributed by atoms with E-state index in [-0.39, 0.29) is 23.1 Å². The van der Waals surface area contributed by atoms with Crippen LogP contribution in [0.15, 0.2) is 40.8 Å². The molecule has 2 N–H and O–H groups in total. The summed E-state index contributed by atoms with van der Waals surface area (Å²) in [5.74, 6) is -0.899. The third-order valence-corrected chi connectivity index (χ3v) is 4.99. The number of aromatic carboxylic acids is 1. The van der Waals surface area contributed by atoms with Crippen molar-refractivity contribution in [2.75, 3.05) is 13.1 Å². The number of nitrogens with zero attached hydrogens (tertiary/aromatic N) is 1. The molecule has 138 valence electrons. The minimum absolute atomic E-state index is 0.0465. The number of carboxylic acids is 1. The second kappa shape index (κ2) is 7.74. The van der Waals surface area contributed by atoms with Crippen LogP contribution in [-0.4, -0.2) is 40.1 Å². The van der Waals surface area contributed by atoms with E-state index >= 15 is 0 Å². The molecule has 0 bridgehead atoms. The maximum Gasteiger partial charge on any atom is 0.339 e. The van der Waals surface area contributed by atoms with E-state index in [9.17, 15) is 19.8 Å². The average Bonchev–Trinajstić information content (AvgIpc) is 3.12. The number of aryl methyl sites for hydroxylation is 1. The first-order valence-corrected chi connectivity index (χ1v) is 8.89.